The molecule has 212 valence electrons. The summed E-state index contributed by atoms with van der Waals surface area (Å²) in [5.41, 5.74) is -0.252. The SMILES string of the molecule is COc1ccc(COC[C@@H](C)C#C[C@]2(O)C[C@H]3C=C[C@]2(C)C[C@H]3[C@H](CO[Si](C)(C)C(C)(C)C)C(C)C)cc1. The summed E-state index contributed by atoms with van der Waals surface area (Å²) in [6.07, 6.45) is 6.24. The third-order valence-corrected chi connectivity index (χ3v) is 14.1. The second kappa shape index (κ2) is 11.9. The van der Waals surface area contributed by atoms with Gasteiger partial charge in [-0.3, -0.25) is 0 Å². The van der Waals surface area contributed by atoms with Crippen molar-refractivity contribution in [3.8, 4) is 17.6 Å². The third-order valence-electron chi connectivity index (χ3n) is 9.57. The molecule has 1 aromatic rings. The zero-order valence-corrected chi connectivity index (χ0v) is 26.6. The molecule has 4 nitrogen and oxygen atoms in total. The number of allylic oxidation sites excluding steroid dienone is 1. The van der Waals surface area contributed by atoms with E-state index in [1.807, 2.05) is 24.3 Å². The number of hydrogen-bond acceptors (Lipinski definition) is 4. The Hall–Kier alpha value is -1.58. The molecule has 0 heterocycles. The van der Waals surface area contributed by atoms with E-state index in [0.717, 1.165) is 24.3 Å². The zero-order chi connectivity index (χ0) is 28.4. The molecule has 4 rings (SSSR count). The number of methoxy groups -OCH3 is 1. The van der Waals surface area contributed by atoms with E-state index in [-0.39, 0.29) is 16.4 Å². The quantitative estimate of drug-likeness (QED) is 0.190. The van der Waals surface area contributed by atoms with Gasteiger partial charge in [-0.25, -0.2) is 0 Å². The number of rotatable bonds is 10. The van der Waals surface area contributed by atoms with Gasteiger partial charge in [-0.1, -0.05) is 77.7 Å². The molecular weight excluding hydrogens is 488 g/mol. The minimum absolute atomic E-state index is 0.0440. The highest BCUT2D eigenvalue weighted by Crippen LogP contribution is 2.57. The first-order valence-corrected chi connectivity index (χ1v) is 17.3. The van der Waals surface area contributed by atoms with E-state index in [9.17, 15) is 5.11 Å². The van der Waals surface area contributed by atoms with Crippen LogP contribution in [0.2, 0.25) is 18.1 Å². The lowest BCUT2D eigenvalue weighted by atomic mass is 9.51. The number of aliphatic hydroxyl groups is 1. The Bertz CT molecular complexity index is 1010. The topological polar surface area (TPSA) is 47.9 Å². The lowest BCUT2D eigenvalue weighted by Gasteiger charge is -2.55. The van der Waals surface area contributed by atoms with Gasteiger partial charge in [-0.2, -0.15) is 0 Å². The van der Waals surface area contributed by atoms with Crippen LogP contribution in [0.4, 0.5) is 0 Å². The summed E-state index contributed by atoms with van der Waals surface area (Å²) in [5, 5.41) is 12.0. The molecule has 0 saturated heterocycles. The van der Waals surface area contributed by atoms with Crippen LogP contribution in [0.3, 0.4) is 0 Å². The molecule has 0 aromatic heterocycles. The standard InChI is InChI=1S/C33H52O4Si/c1-24(2)30(23-37-38(9,10)31(4,5)6)29-20-32(7)17-16-27(29)19-33(32,34)18-15-25(3)21-36-22-26-11-13-28(35-8)14-12-26/h11-14,16-17,24-25,27,29-30,34H,19-23H2,1-10H3/t25-,27+,29+,30+,32+,33-/m0/s1. The maximum Gasteiger partial charge on any atom is 0.191 e. The molecule has 0 unspecified atom stereocenters. The van der Waals surface area contributed by atoms with Gasteiger partial charge >= 0.3 is 0 Å². The van der Waals surface area contributed by atoms with E-state index in [0.29, 0.717) is 43.3 Å². The summed E-state index contributed by atoms with van der Waals surface area (Å²) in [4.78, 5) is 0. The number of ether oxygens (including phenoxy) is 2. The van der Waals surface area contributed by atoms with Crippen molar-refractivity contribution in [1.82, 2.24) is 0 Å². The van der Waals surface area contributed by atoms with Crippen molar-refractivity contribution in [2.24, 2.45) is 35.0 Å². The van der Waals surface area contributed by atoms with Gasteiger partial charge in [0, 0.05) is 17.9 Å². The highest BCUT2D eigenvalue weighted by atomic mass is 28.4. The predicted molar refractivity (Wildman–Crippen MR) is 159 cm³/mol. The van der Waals surface area contributed by atoms with E-state index in [1.54, 1.807) is 7.11 Å². The molecule has 5 heteroatoms. The van der Waals surface area contributed by atoms with Crippen LogP contribution < -0.4 is 4.74 Å². The first-order valence-electron chi connectivity index (χ1n) is 14.4. The van der Waals surface area contributed by atoms with Crippen molar-refractivity contribution >= 4 is 8.32 Å². The Labute approximate surface area is 233 Å². The molecule has 38 heavy (non-hydrogen) atoms. The van der Waals surface area contributed by atoms with Crippen LogP contribution in [-0.4, -0.2) is 39.3 Å². The fourth-order valence-corrected chi connectivity index (χ4v) is 6.68. The summed E-state index contributed by atoms with van der Waals surface area (Å²) in [7, 11) is -0.147. The Morgan fingerprint density at radius 2 is 1.74 bits per heavy atom. The fourth-order valence-electron chi connectivity index (χ4n) is 5.64. The zero-order valence-electron chi connectivity index (χ0n) is 25.6. The van der Waals surface area contributed by atoms with Gasteiger partial charge in [0.1, 0.15) is 11.4 Å². The minimum atomic E-state index is -1.81. The maximum absolute atomic E-state index is 11.8. The van der Waals surface area contributed by atoms with Gasteiger partial charge in [-0.15, -0.1) is 0 Å². The Morgan fingerprint density at radius 1 is 1.08 bits per heavy atom. The van der Waals surface area contributed by atoms with E-state index in [1.165, 1.54) is 0 Å². The molecule has 6 atom stereocenters. The second-order valence-corrected chi connectivity index (χ2v) is 18.7. The molecule has 0 amide bonds. The van der Waals surface area contributed by atoms with Gasteiger partial charge in [-0.05, 0) is 79.3 Å². The van der Waals surface area contributed by atoms with Crippen LogP contribution in [0.5, 0.6) is 5.75 Å². The molecule has 1 fully saturated rings. The molecule has 1 saturated carbocycles. The van der Waals surface area contributed by atoms with Crippen LogP contribution in [-0.2, 0) is 15.8 Å². The minimum Gasteiger partial charge on any atom is -0.497 e. The number of benzene rings is 1. The molecule has 1 N–H and O–H groups in total. The van der Waals surface area contributed by atoms with Crippen LogP contribution in [0, 0.1) is 46.8 Å². The van der Waals surface area contributed by atoms with Crippen molar-refractivity contribution < 1.29 is 19.0 Å². The summed E-state index contributed by atoms with van der Waals surface area (Å²) in [6.45, 7) is 22.4. The Kier molecular flexibility index (Phi) is 9.68. The van der Waals surface area contributed by atoms with Crippen LogP contribution in [0.1, 0.15) is 66.9 Å². The van der Waals surface area contributed by atoms with Gasteiger partial charge in [0.25, 0.3) is 0 Å². The van der Waals surface area contributed by atoms with E-state index in [2.05, 4.69) is 85.6 Å². The van der Waals surface area contributed by atoms with Crippen LogP contribution in [0.25, 0.3) is 0 Å². The van der Waals surface area contributed by atoms with Crippen molar-refractivity contribution in [2.45, 2.75) is 91.6 Å². The van der Waals surface area contributed by atoms with E-state index in [4.69, 9.17) is 13.9 Å². The monoisotopic (exact) mass is 540 g/mol. The summed E-state index contributed by atoms with van der Waals surface area (Å²) in [5.74, 6) is 9.39. The smallest absolute Gasteiger partial charge is 0.191 e. The van der Waals surface area contributed by atoms with Crippen molar-refractivity contribution in [3.63, 3.8) is 0 Å². The van der Waals surface area contributed by atoms with Crippen molar-refractivity contribution in [1.29, 1.82) is 0 Å². The molecule has 2 bridgehead atoms. The molecule has 1 aromatic carbocycles. The number of hydrogen-bond donors (Lipinski definition) is 1. The average molecular weight is 541 g/mol. The lowest BCUT2D eigenvalue weighted by Crippen LogP contribution is -2.56. The largest absolute Gasteiger partial charge is 0.497 e. The first-order chi connectivity index (χ1) is 17.6. The molecule has 0 radical (unpaired) electrons. The summed E-state index contributed by atoms with van der Waals surface area (Å²) >= 11 is 0. The van der Waals surface area contributed by atoms with Crippen LogP contribution in [0.15, 0.2) is 36.4 Å². The molecule has 0 spiro atoms. The van der Waals surface area contributed by atoms with Crippen molar-refractivity contribution in [2.75, 3.05) is 20.3 Å². The Balaban J connectivity index is 1.63. The first kappa shape index (κ1) is 31.0. The summed E-state index contributed by atoms with van der Waals surface area (Å²) in [6, 6.07) is 7.92. The second-order valence-electron chi connectivity index (χ2n) is 13.9. The van der Waals surface area contributed by atoms with Gasteiger partial charge in [0.15, 0.2) is 8.32 Å². The molecule has 3 aliphatic rings. The van der Waals surface area contributed by atoms with Crippen molar-refractivity contribution in [3.05, 3.63) is 42.0 Å². The average Bonchev–Trinajstić information content (AvgIpc) is 2.83. The predicted octanol–water partition coefficient (Wildman–Crippen LogP) is 7.48. The van der Waals surface area contributed by atoms with E-state index < -0.39 is 13.9 Å². The van der Waals surface area contributed by atoms with Crippen LogP contribution >= 0.6 is 0 Å². The normalized spacial score (nSPS) is 28.6. The Morgan fingerprint density at radius 3 is 2.29 bits per heavy atom. The van der Waals surface area contributed by atoms with Gasteiger partial charge in [0.05, 0.1) is 20.3 Å². The van der Waals surface area contributed by atoms with Gasteiger partial charge in [0.2, 0.25) is 0 Å². The maximum atomic E-state index is 11.8. The lowest BCUT2D eigenvalue weighted by molar-refractivity contribution is -0.0930. The van der Waals surface area contributed by atoms with Gasteiger partial charge < -0.3 is 19.0 Å². The third kappa shape index (κ3) is 6.94. The molecular formula is C33H52O4Si. The highest BCUT2D eigenvalue weighted by molar-refractivity contribution is 6.74. The van der Waals surface area contributed by atoms with E-state index >= 15 is 0 Å². The fraction of sp³-hybridized carbons (Fsp3) is 0.697. The molecule has 0 aliphatic heterocycles. The summed E-state index contributed by atoms with van der Waals surface area (Å²) < 4.78 is 17.9. The number of fused-ring (bicyclic) bond motifs is 2. The molecule has 3 aliphatic carbocycles. The highest BCUT2D eigenvalue weighted by Gasteiger charge is 2.56.